The quantitative estimate of drug-likeness (QED) is 0.849. The third kappa shape index (κ3) is 3.17. The Morgan fingerprint density at radius 2 is 2.24 bits per heavy atom. The molecular formula is C13H15BrN2O. The predicted molar refractivity (Wildman–Crippen MR) is 72.3 cm³/mol. The number of carbonyl (C=O) groups excluding carboxylic acids is 1. The van der Waals surface area contributed by atoms with E-state index in [0.29, 0.717) is 6.54 Å². The van der Waals surface area contributed by atoms with Gasteiger partial charge in [-0.15, -0.1) is 0 Å². The summed E-state index contributed by atoms with van der Waals surface area (Å²) in [5.74, 6) is 0.0358. The van der Waals surface area contributed by atoms with E-state index in [0.717, 1.165) is 23.0 Å². The average Bonchev–Trinajstić information content (AvgIpc) is 2.74. The van der Waals surface area contributed by atoms with Crippen LogP contribution in [0.15, 0.2) is 34.8 Å². The van der Waals surface area contributed by atoms with Gasteiger partial charge in [0, 0.05) is 29.7 Å². The van der Waals surface area contributed by atoms with Crippen molar-refractivity contribution < 1.29 is 4.79 Å². The van der Waals surface area contributed by atoms with E-state index in [1.54, 1.807) is 11.0 Å². The van der Waals surface area contributed by atoms with Crippen LogP contribution in [-0.2, 0) is 4.79 Å². The lowest BCUT2D eigenvalue weighted by atomic mass is 10.2. The van der Waals surface area contributed by atoms with Gasteiger partial charge in [-0.2, -0.15) is 0 Å². The number of amides is 1. The molecule has 90 valence electrons. The fourth-order valence-electron chi connectivity index (χ4n) is 1.86. The van der Waals surface area contributed by atoms with Crippen LogP contribution in [0.5, 0.6) is 0 Å². The van der Waals surface area contributed by atoms with Crippen molar-refractivity contribution in [3.63, 3.8) is 0 Å². The maximum absolute atomic E-state index is 11.8. The number of halogens is 1. The average molecular weight is 295 g/mol. The van der Waals surface area contributed by atoms with Gasteiger partial charge in [-0.05, 0) is 24.1 Å². The van der Waals surface area contributed by atoms with Crippen molar-refractivity contribution in [2.45, 2.75) is 12.5 Å². The van der Waals surface area contributed by atoms with Crippen molar-refractivity contribution in [2.24, 2.45) is 5.73 Å². The molecule has 1 aliphatic heterocycles. The van der Waals surface area contributed by atoms with Crippen LogP contribution < -0.4 is 5.73 Å². The van der Waals surface area contributed by atoms with Gasteiger partial charge in [0.15, 0.2) is 0 Å². The zero-order valence-corrected chi connectivity index (χ0v) is 11.1. The van der Waals surface area contributed by atoms with Gasteiger partial charge in [-0.25, -0.2) is 0 Å². The minimum absolute atomic E-state index is 0.0358. The van der Waals surface area contributed by atoms with E-state index in [-0.39, 0.29) is 11.9 Å². The maximum atomic E-state index is 11.8. The summed E-state index contributed by atoms with van der Waals surface area (Å²) in [6.45, 7) is 1.43. The van der Waals surface area contributed by atoms with Crippen molar-refractivity contribution in [2.75, 3.05) is 13.1 Å². The zero-order valence-electron chi connectivity index (χ0n) is 9.47. The number of likely N-dealkylation sites (tertiary alicyclic amines) is 1. The molecule has 4 heteroatoms. The molecular weight excluding hydrogens is 280 g/mol. The van der Waals surface area contributed by atoms with Gasteiger partial charge in [-0.3, -0.25) is 4.79 Å². The Hall–Kier alpha value is -1.13. The highest BCUT2D eigenvalue weighted by Crippen LogP contribution is 2.17. The monoisotopic (exact) mass is 294 g/mol. The minimum Gasteiger partial charge on any atom is -0.338 e. The first-order valence-electron chi connectivity index (χ1n) is 5.64. The Morgan fingerprint density at radius 1 is 1.47 bits per heavy atom. The van der Waals surface area contributed by atoms with E-state index >= 15 is 0 Å². The highest BCUT2D eigenvalue weighted by molar-refractivity contribution is 9.10. The lowest BCUT2D eigenvalue weighted by Gasteiger charge is -2.12. The number of nitrogens with zero attached hydrogens (tertiary/aromatic N) is 1. The zero-order chi connectivity index (χ0) is 12.3. The Bertz CT molecular complexity index is 445. The maximum Gasteiger partial charge on any atom is 0.246 e. The first-order chi connectivity index (χ1) is 8.16. The minimum atomic E-state index is 0.0358. The van der Waals surface area contributed by atoms with E-state index in [4.69, 9.17) is 5.73 Å². The van der Waals surface area contributed by atoms with Crippen LogP contribution in [0.25, 0.3) is 6.08 Å². The van der Waals surface area contributed by atoms with E-state index < -0.39 is 0 Å². The third-order valence-electron chi connectivity index (χ3n) is 2.85. The molecule has 1 atom stereocenters. The summed E-state index contributed by atoms with van der Waals surface area (Å²) >= 11 is 3.44. The summed E-state index contributed by atoms with van der Waals surface area (Å²) in [6, 6.07) is 7.94. The Balaban J connectivity index is 2.01. The van der Waals surface area contributed by atoms with Gasteiger partial charge in [0.25, 0.3) is 0 Å². The molecule has 1 unspecified atom stereocenters. The second kappa shape index (κ2) is 5.47. The van der Waals surface area contributed by atoms with Gasteiger partial charge in [-0.1, -0.05) is 34.1 Å². The fourth-order valence-corrected chi connectivity index (χ4v) is 2.28. The molecule has 1 heterocycles. The molecule has 0 spiro atoms. The summed E-state index contributed by atoms with van der Waals surface area (Å²) in [5, 5.41) is 0. The van der Waals surface area contributed by atoms with E-state index in [9.17, 15) is 4.79 Å². The number of rotatable bonds is 2. The van der Waals surface area contributed by atoms with Gasteiger partial charge in [0.05, 0.1) is 0 Å². The van der Waals surface area contributed by atoms with Gasteiger partial charge < -0.3 is 10.6 Å². The van der Waals surface area contributed by atoms with Crippen LogP contribution in [0.2, 0.25) is 0 Å². The number of benzene rings is 1. The van der Waals surface area contributed by atoms with Crippen LogP contribution in [0.4, 0.5) is 0 Å². The molecule has 1 amide bonds. The third-order valence-corrected chi connectivity index (χ3v) is 3.57. The first-order valence-corrected chi connectivity index (χ1v) is 6.43. The van der Waals surface area contributed by atoms with Crippen molar-refractivity contribution in [1.82, 2.24) is 4.90 Å². The molecule has 1 aliphatic rings. The van der Waals surface area contributed by atoms with Crippen LogP contribution in [-0.4, -0.2) is 29.9 Å². The van der Waals surface area contributed by atoms with Crippen LogP contribution in [0.1, 0.15) is 12.0 Å². The molecule has 17 heavy (non-hydrogen) atoms. The molecule has 2 rings (SSSR count). The lowest BCUT2D eigenvalue weighted by molar-refractivity contribution is -0.124. The van der Waals surface area contributed by atoms with Crippen molar-refractivity contribution in [3.8, 4) is 0 Å². The SMILES string of the molecule is NC1CCN(C(=O)/C=C/c2ccccc2Br)C1. The molecule has 0 radical (unpaired) electrons. The number of nitrogens with two attached hydrogens (primary N) is 1. The molecule has 0 aromatic heterocycles. The predicted octanol–water partition coefficient (Wildman–Crippen LogP) is 2.02. The summed E-state index contributed by atoms with van der Waals surface area (Å²) in [4.78, 5) is 13.6. The largest absolute Gasteiger partial charge is 0.338 e. The Kier molecular flexibility index (Phi) is 3.97. The summed E-state index contributed by atoms with van der Waals surface area (Å²) in [5.41, 5.74) is 6.77. The molecule has 1 aromatic rings. The normalized spacial score (nSPS) is 20.1. The lowest BCUT2D eigenvalue weighted by Crippen LogP contribution is -2.30. The highest BCUT2D eigenvalue weighted by atomic mass is 79.9. The molecule has 0 bridgehead atoms. The smallest absolute Gasteiger partial charge is 0.246 e. The second-order valence-corrected chi connectivity index (χ2v) is 5.04. The molecule has 0 saturated carbocycles. The number of hydrogen-bond acceptors (Lipinski definition) is 2. The van der Waals surface area contributed by atoms with Crippen LogP contribution in [0.3, 0.4) is 0 Å². The molecule has 1 saturated heterocycles. The molecule has 3 nitrogen and oxygen atoms in total. The van der Waals surface area contributed by atoms with E-state index in [2.05, 4.69) is 15.9 Å². The van der Waals surface area contributed by atoms with Crippen molar-refractivity contribution >= 4 is 27.9 Å². The number of carbonyl (C=O) groups is 1. The van der Waals surface area contributed by atoms with E-state index in [1.165, 1.54) is 0 Å². The molecule has 1 fully saturated rings. The molecule has 0 aliphatic carbocycles. The summed E-state index contributed by atoms with van der Waals surface area (Å²) < 4.78 is 0.988. The highest BCUT2D eigenvalue weighted by Gasteiger charge is 2.21. The van der Waals surface area contributed by atoms with Crippen molar-refractivity contribution in [3.05, 3.63) is 40.4 Å². The van der Waals surface area contributed by atoms with Crippen LogP contribution in [0, 0.1) is 0 Å². The molecule has 1 aromatic carbocycles. The van der Waals surface area contributed by atoms with Crippen molar-refractivity contribution in [1.29, 1.82) is 0 Å². The number of hydrogen-bond donors (Lipinski definition) is 1. The first kappa shape index (κ1) is 12.3. The fraction of sp³-hybridized carbons (Fsp3) is 0.308. The second-order valence-electron chi connectivity index (χ2n) is 4.19. The molecule has 2 N–H and O–H groups in total. The van der Waals surface area contributed by atoms with Gasteiger partial charge in [0.2, 0.25) is 5.91 Å². The van der Waals surface area contributed by atoms with E-state index in [1.807, 2.05) is 30.3 Å². The van der Waals surface area contributed by atoms with Gasteiger partial charge >= 0.3 is 0 Å². The summed E-state index contributed by atoms with van der Waals surface area (Å²) in [6.07, 6.45) is 4.34. The van der Waals surface area contributed by atoms with Crippen LogP contribution >= 0.6 is 15.9 Å². The van der Waals surface area contributed by atoms with Gasteiger partial charge in [0.1, 0.15) is 0 Å². The Labute approximate surface area is 109 Å². The standard InChI is InChI=1S/C13H15BrN2O/c14-12-4-2-1-3-10(12)5-6-13(17)16-8-7-11(15)9-16/h1-6,11H,7-9,15H2/b6-5+. The summed E-state index contributed by atoms with van der Waals surface area (Å²) in [7, 11) is 0. The Morgan fingerprint density at radius 3 is 2.88 bits per heavy atom. The topological polar surface area (TPSA) is 46.3 Å².